The van der Waals surface area contributed by atoms with E-state index in [1.165, 1.54) is 0 Å². The molecule has 3 amide bonds. The van der Waals surface area contributed by atoms with Gasteiger partial charge in [0.05, 0.1) is 24.5 Å². The predicted octanol–water partition coefficient (Wildman–Crippen LogP) is 3.84. The van der Waals surface area contributed by atoms with Crippen molar-refractivity contribution in [1.29, 1.82) is 0 Å². The molecule has 3 N–H and O–H groups in total. The number of hydrogen-bond acceptors (Lipinski definition) is 4. The van der Waals surface area contributed by atoms with Crippen LogP contribution in [0.25, 0.3) is 0 Å². The van der Waals surface area contributed by atoms with Crippen molar-refractivity contribution in [2.45, 2.75) is 78.4 Å². The third-order valence-electron chi connectivity index (χ3n) is 7.61. The molecule has 37 heavy (non-hydrogen) atoms. The van der Waals surface area contributed by atoms with Gasteiger partial charge in [0.15, 0.2) is 0 Å². The number of rotatable bonds is 9. The summed E-state index contributed by atoms with van der Waals surface area (Å²) in [5.74, 6) is -2.46. The van der Waals surface area contributed by atoms with Gasteiger partial charge in [-0.05, 0) is 43.6 Å². The van der Waals surface area contributed by atoms with E-state index in [2.05, 4.69) is 38.3 Å². The molecule has 0 bridgehead atoms. The van der Waals surface area contributed by atoms with E-state index in [4.69, 9.17) is 0 Å². The van der Waals surface area contributed by atoms with Crippen molar-refractivity contribution in [2.75, 3.05) is 13.7 Å². The Morgan fingerprint density at radius 3 is 2.24 bits per heavy atom. The van der Waals surface area contributed by atoms with E-state index in [1.807, 2.05) is 56.3 Å². The highest BCUT2D eigenvalue weighted by molar-refractivity contribution is 5.97. The number of nitrogens with zero attached hydrogens (tertiary/aromatic N) is 1. The predicted molar refractivity (Wildman–Crippen MR) is 145 cm³/mol. The molecule has 0 saturated carbocycles. The van der Waals surface area contributed by atoms with Crippen LogP contribution >= 0.6 is 0 Å². The summed E-state index contributed by atoms with van der Waals surface area (Å²) in [6.45, 7) is 12.1. The lowest BCUT2D eigenvalue weighted by atomic mass is 9.68. The van der Waals surface area contributed by atoms with E-state index < -0.39 is 35.4 Å². The maximum atomic E-state index is 14.2. The Balaban J connectivity index is 2.10. The van der Waals surface area contributed by atoms with Crippen LogP contribution < -0.4 is 10.6 Å². The molecule has 6 atom stereocenters. The average Bonchev–Trinajstić information content (AvgIpc) is 3.10. The molecule has 7 nitrogen and oxygen atoms in total. The van der Waals surface area contributed by atoms with E-state index in [-0.39, 0.29) is 35.7 Å². The highest BCUT2D eigenvalue weighted by Gasteiger charge is 2.58. The van der Waals surface area contributed by atoms with Crippen LogP contribution in [0, 0.1) is 29.1 Å². The summed E-state index contributed by atoms with van der Waals surface area (Å²) < 4.78 is 0. The van der Waals surface area contributed by atoms with Gasteiger partial charge >= 0.3 is 0 Å². The van der Waals surface area contributed by atoms with Gasteiger partial charge in [-0.3, -0.25) is 14.4 Å². The molecule has 1 fully saturated rings. The molecular formula is C30H45N3O4. The standard InChI is InChI=1S/C30H45N3O4/c1-8-12-20-15-16-21-24(23(20)26(35)31-7)28(37)33(22(17-34)19-13-10-9-11-14-19)25(21)27(36)32-30(5,6)18-29(2,3)4/h9-11,13-16,20-25,34H,8,12,17-18H2,1-7H3,(H,31,35)(H,32,36)/t20-,21+,22-,23-,24+,25+/m1/s1. The zero-order valence-electron chi connectivity index (χ0n) is 23.5. The minimum atomic E-state index is -0.833. The molecule has 0 unspecified atom stereocenters. The first-order valence-corrected chi connectivity index (χ1v) is 13.5. The third kappa shape index (κ3) is 6.25. The Kier molecular flexibility index (Phi) is 8.89. The molecule has 1 saturated heterocycles. The van der Waals surface area contributed by atoms with Gasteiger partial charge in [0.1, 0.15) is 6.04 Å². The molecule has 204 valence electrons. The van der Waals surface area contributed by atoms with Crippen molar-refractivity contribution in [3.05, 3.63) is 48.0 Å². The fourth-order valence-corrected chi connectivity index (χ4v) is 6.72. The lowest BCUT2D eigenvalue weighted by Gasteiger charge is -2.38. The topological polar surface area (TPSA) is 98.7 Å². The van der Waals surface area contributed by atoms with Crippen LogP contribution in [0.3, 0.4) is 0 Å². The van der Waals surface area contributed by atoms with Crippen molar-refractivity contribution >= 4 is 17.7 Å². The number of fused-ring (bicyclic) bond motifs is 1. The Morgan fingerprint density at radius 2 is 1.70 bits per heavy atom. The first kappa shape index (κ1) is 28.9. The molecule has 1 aromatic rings. The SMILES string of the molecule is CCC[C@@H]1C=C[C@H]2[C@H](C(=O)N([C@H](CO)c3ccccc3)[C@@H]2C(=O)NC(C)(C)CC(C)(C)C)[C@@H]1C(=O)NC. The number of aliphatic hydroxyl groups excluding tert-OH is 1. The smallest absolute Gasteiger partial charge is 0.243 e. The summed E-state index contributed by atoms with van der Waals surface area (Å²) in [5.41, 5.74) is 0.242. The van der Waals surface area contributed by atoms with Crippen LogP contribution in [0.2, 0.25) is 0 Å². The molecule has 7 heteroatoms. The van der Waals surface area contributed by atoms with Crippen molar-refractivity contribution in [3.63, 3.8) is 0 Å². The molecule has 1 aliphatic heterocycles. The Morgan fingerprint density at radius 1 is 1.05 bits per heavy atom. The number of amides is 3. The molecule has 0 aromatic heterocycles. The van der Waals surface area contributed by atoms with Gasteiger partial charge in [-0.15, -0.1) is 0 Å². The lowest BCUT2D eigenvalue weighted by Crippen LogP contribution is -2.55. The Hall–Kier alpha value is -2.67. The van der Waals surface area contributed by atoms with Crippen LogP contribution in [0.5, 0.6) is 0 Å². The minimum absolute atomic E-state index is 0.00933. The van der Waals surface area contributed by atoms with Gasteiger partial charge in [-0.25, -0.2) is 0 Å². The molecule has 2 aliphatic rings. The maximum absolute atomic E-state index is 14.2. The van der Waals surface area contributed by atoms with Crippen LogP contribution in [0.15, 0.2) is 42.5 Å². The van der Waals surface area contributed by atoms with Crippen molar-refractivity contribution < 1.29 is 19.5 Å². The van der Waals surface area contributed by atoms with Crippen LogP contribution in [-0.2, 0) is 14.4 Å². The summed E-state index contributed by atoms with van der Waals surface area (Å²) in [7, 11) is 1.59. The van der Waals surface area contributed by atoms with Crippen LogP contribution in [0.4, 0.5) is 0 Å². The summed E-state index contributed by atoms with van der Waals surface area (Å²) in [4.78, 5) is 43.0. The van der Waals surface area contributed by atoms with E-state index in [1.54, 1.807) is 11.9 Å². The number of carbonyl (C=O) groups is 3. The Bertz CT molecular complexity index is 998. The number of likely N-dealkylation sites (tertiary alicyclic amines) is 1. The Labute approximate surface area is 222 Å². The number of benzene rings is 1. The van der Waals surface area contributed by atoms with E-state index in [0.29, 0.717) is 0 Å². The fourth-order valence-electron chi connectivity index (χ4n) is 6.72. The second-order valence-electron chi connectivity index (χ2n) is 12.5. The largest absolute Gasteiger partial charge is 0.394 e. The van der Waals surface area contributed by atoms with Crippen molar-refractivity contribution in [1.82, 2.24) is 15.5 Å². The monoisotopic (exact) mass is 511 g/mol. The molecule has 0 spiro atoms. The number of nitrogens with one attached hydrogen (secondary N) is 2. The summed E-state index contributed by atoms with van der Waals surface area (Å²) in [5, 5.41) is 16.5. The molecule has 1 aromatic carbocycles. The molecule has 1 aliphatic carbocycles. The zero-order valence-corrected chi connectivity index (χ0v) is 23.5. The second-order valence-corrected chi connectivity index (χ2v) is 12.5. The van der Waals surface area contributed by atoms with Crippen molar-refractivity contribution in [3.8, 4) is 0 Å². The zero-order chi connectivity index (χ0) is 27.5. The first-order chi connectivity index (χ1) is 17.3. The highest BCUT2D eigenvalue weighted by Crippen LogP contribution is 2.48. The van der Waals surface area contributed by atoms with Crippen LogP contribution in [0.1, 0.15) is 72.4 Å². The summed E-state index contributed by atoms with van der Waals surface area (Å²) in [6, 6.07) is 7.79. The molecule has 1 heterocycles. The van der Waals surface area contributed by atoms with Crippen LogP contribution in [-0.4, -0.2) is 53.0 Å². The lowest BCUT2D eigenvalue weighted by molar-refractivity contribution is -0.144. The minimum Gasteiger partial charge on any atom is -0.394 e. The molecule has 3 rings (SSSR count). The van der Waals surface area contributed by atoms with E-state index in [0.717, 1.165) is 24.8 Å². The fraction of sp³-hybridized carbons (Fsp3) is 0.633. The number of aliphatic hydroxyl groups is 1. The maximum Gasteiger partial charge on any atom is 0.243 e. The molecule has 0 radical (unpaired) electrons. The molecular weight excluding hydrogens is 466 g/mol. The quantitative estimate of drug-likeness (QED) is 0.439. The first-order valence-electron chi connectivity index (χ1n) is 13.5. The van der Waals surface area contributed by atoms with Gasteiger partial charge in [0.25, 0.3) is 0 Å². The van der Waals surface area contributed by atoms with Gasteiger partial charge in [-0.2, -0.15) is 0 Å². The van der Waals surface area contributed by atoms with Crippen molar-refractivity contribution in [2.24, 2.45) is 29.1 Å². The van der Waals surface area contributed by atoms with E-state index in [9.17, 15) is 19.5 Å². The van der Waals surface area contributed by atoms with Gasteiger partial charge in [0, 0.05) is 18.5 Å². The average molecular weight is 512 g/mol. The van der Waals surface area contributed by atoms with Gasteiger partial charge in [-0.1, -0.05) is 76.6 Å². The summed E-state index contributed by atoms with van der Waals surface area (Å²) in [6.07, 6.45) is 6.41. The highest BCUT2D eigenvalue weighted by atomic mass is 16.3. The van der Waals surface area contributed by atoms with Gasteiger partial charge in [0.2, 0.25) is 17.7 Å². The second kappa shape index (κ2) is 11.4. The number of carbonyl (C=O) groups excluding carboxylic acids is 3. The third-order valence-corrected chi connectivity index (χ3v) is 7.61. The normalized spacial score (nSPS) is 26.5. The number of hydrogen-bond donors (Lipinski definition) is 3. The van der Waals surface area contributed by atoms with E-state index >= 15 is 0 Å². The number of allylic oxidation sites excluding steroid dienone is 1. The summed E-state index contributed by atoms with van der Waals surface area (Å²) >= 11 is 0. The van der Waals surface area contributed by atoms with Gasteiger partial charge < -0.3 is 20.6 Å².